The second-order valence-corrected chi connectivity index (χ2v) is 4.32. The van der Waals surface area contributed by atoms with Gasteiger partial charge in [0.05, 0.1) is 6.10 Å². The van der Waals surface area contributed by atoms with E-state index in [2.05, 4.69) is 4.74 Å². The quantitative estimate of drug-likeness (QED) is 0.826. The summed E-state index contributed by atoms with van der Waals surface area (Å²) in [4.78, 5) is 0. The van der Waals surface area contributed by atoms with Crippen LogP contribution in [0.2, 0.25) is 0 Å². The molecule has 0 spiro atoms. The van der Waals surface area contributed by atoms with Crippen LogP contribution in [-0.2, 0) is 0 Å². The number of ether oxygens (including phenoxy) is 1. The fraction of sp³-hybridized carbons (Fsp3) is 0.500. The summed E-state index contributed by atoms with van der Waals surface area (Å²) in [7, 11) is 0. The van der Waals surface area contributed by atoms with Crippen LogP contribution >= 0.6 is 0 Å². The Bertz CT molecular complexity index is 418. The molecule has 0 bridgehead atoms. The first kappa shape index (κ1) is 13.1. The largest absolute Gasteiger partial charge is 0.461 e. The molecule has 100 valence electrons. The highest BCUT2D eigenvalue weighted by Gasteiger charge is 2.44. The minimum atomic E-state index is -4.52. The summed E-state index contributed by atoms with van der Waals surface area (Å²) in [6.07, 6.45) is -7.43. The fourth-order valence-electron chi connectivity index (χ4n) is 1.65. The number of alkyl halides is 4. The molecule has 1 fully saturated rings. The summed E-state index contributed by atoms with van der Waals surface area (Å²) in [5.41, 5.74) is 0.403. The lowest BCUT2D eigenvalue weighted by Crippen LogP contribution is -2.33. The molecule has 1 atom stereocenters. The maximum atomic E-state index is 12.7. The molecule has 0 saturated heterocycles. The normalized spacial score (nSPS) is 17.9. The van der Waals surface area contributed by atoms with Crippen LogP contribution in [-0.4, -0.2) is 17.6 Å². The van der Waals surface area contributed by atoms with E-state index >= 15 is 0 Å². The van der Waals surface area contributed by atoms with Gasteiger partial charge in [-0.3, -0.25) is 0 Å². The molecule has 0 amide bonds. The van der Waals surface area contributed by atoms with E-state index in [1.54, 1.807) is 6.07 Å². The third kappa shape index (κ3) is 2.93. The predicted octanol–water partition coefficient (Wildman–Crippen LogP) is 3.37. The molecule has 0 radical (unpaired) electrons. The van der Waals surface area contributed by atoms with E-state index in [-0.39, 0.29) is 11.7 Å². The van der Waals surface area contributed by atoms with Crippen molar-refractivity contribution in [1.29, 1.82) is 0 Å². The van der Waals surface area contributed by atoms with E-state index in [9.17, 15) is 22.7 Å². The first-order chi connectivity index (χ1) is 8.40. The Kier molecular flexibility index (Phi) is 3.47. The molecule has 0 unspecified atom stereocenters. The van der Waals surface area contributed by atoms with E-state index < -0.39 is 18.6 Å². The van der Waals surface area contributed by atoms with Gasteiger partial charge >= 0.3 is 12.5 Å². The minimum absolute atomic E-state index is 0.121. The summed E-state index contributed by atoms with van der Waals surface area (Å²) < 4.78 is 53.3. The molecule has 18 heavy (non-hydrogen) atoms. The van der Waals surface area contributed by atoms with Gasteiger partial charge in [0.15, 0.2) is 0 Å². The zero-order chi connectivity index (χ0) is 13.3. The molecule has 2 nitrogen and oxygen atoms in total. The highest BCUT2D eigenvalue weighted by Crippen LogP contribution is 2.41. The van der Waals surface area contributed by atoms with Crippen molar-refractivity contribution in [2.75, 3.05) is 0 Å². The number of aliphatic hydroxyl groups excluding tert-OH is 1. The number of benzene rings is 1. The second kappa shape index (κ2) is 4.76. The van der Waals surface area contributed by atoms with Crippen LogP contribution in [0.1, 0.15) is 24.5 Å². The number of hydrogen-bond acceptors (Lipinski definition) is 2. The molecule has 0 heterocycles. The van der Waals surface area contributed by atoms with Crippen molar-refractivity contribution >= 4 is 0 Å². The van der Waals surface area contributed by atoms with Crippen LogP contribution in [0, 0.1) is 5.92 Å². The summed E-state index contributed by atoms with van der Waals surface area (Å²) in [6, 6.07) is 5.26. The van der Waals surface area contributed by atoms with Gasteiger partial charge in [0.2, 0.25) is 0 Å². The SMILES string of the molecule is O[C@@H](c1cccc(OC(F)(F)C(F)F)c1)C1CC1. The van der Waals surface area contributed by atoms with Crippen molar-refractivity contribution in [2.45, 2.75) is 31.5 Å². The molecular formula is C12H12F4O2. The third-order valence-electron chi connectivity index (χ3n) is 2.78. The Morgan fingerprint density at radius 2 is 1.94 bits per heavy atom. The monoisotopic (exact) mass is 264 g/mol. The van der Waals surface area contributed by atoms with Crippen LogP contribution in [0.4, 0.5) is 17.6 Å². The smallest absolute Gasteiger partial charge is 0.428 e. The van der Waals surface area contributed by atoms with Gasteiger partial charge in [-0.05, 0) is 36.5 Å². The zero-order valence-electron chi connectivity index (χ0n) is 9.32. The maximum absolute atomic E-state index is 12.7. The van der Waals surface area contributed by atoms with E-state index in [0.717, 1.165) is 18.9 Å². The van der Waals surface area contributed by atoms with Crippen LogP contribution in [0.3, 0.4) is 0 Å². The van der Waals surface area contributed by atoms with Crippen molar-refractivity contribution in [3.05, 3.63) is 29.8 Å². The number of halogens is 4. The predicted molar refractivity (Wildman–Crippen MR) is 55.7 cm³/mol. The summed E-state index contributed by atoms with van der Waals surface area (Å²) in [5, 5.41) is 9.80. The van der Waals surface area contributed by atoms with E-state index in [4.69, 9.17) is 0 Å². The summed E-state index contributed by atoms with van der Waals surface area (Å²) in [6.45, 7) is 0. The van der Waals surface area contributed by atoms with Gasteiger partial charge in [-0.1, -0.05) is 12.1 Å². The molecule has 1 aromatic rings. The van der Waals surface area contributed by atoms with Gasteiger partial charge in [-0.15, -0.1) is 0 Å². The Balaban J connectivity index is 2.12. The van der Waals surface area contributed by atoms with Crippen LogP contribution in [0.15, 0.2) is 24.3 Å². The first-order valence-electron chi connectivity index (χ1n) is 5.53. The van der Waals surface area contributed by atoms with Gasteiger partial charge in [0.1, 0.15) is 5.75 Å². The summed E-state index contributed by atoms with van der Waals surface area (Å²) >= 11 is 0. The molecule has 1 aliphatic rings. The Morgan fingerprint density at radius 3 is 2.50 bits per heavy atom. The fourth-order valence-corrected chi connectivity index (χ4v) is 1.65. The molecule has 6 heteroatoms. The molecule has 1 aromatic carbocycles. The van der Waals surface area contributed by atoms with Crippen molar-refractivity contribution < 1.29 is 27.4 Å². The maximum Gasteiger partial charge on any atom is 0.461 e. The third-order valence-corrected chi connectivity index (χ3v) is 2.78. The lowest BCUT2D eigenvalue weighted by Gasteiger charge is -2.18. The molecule has 1 N–H and O–H groups in total. The van der Waals surface area contributed by atoms with Crippen molar-refractivity contribution in [1.82, 2.24) is 0 Å². The molecule has 0 aliphatic heterocycles. The number of aliphatic hydroxyl groups is 1. The zero-order valence-corrected chi connectivity index (χ0v) is 9.32. The topological polar surface area (TPSA) is 29.5 Å². The lowest BCUT2D eigenvalue weighted by molar-refractivity contribution is -0.253. The van der Waals surface area contributed by atoms with Crippen molar-refractivity contribution in [3.8, 4) is 5.75 Å². The van der Waals surface area contributed by atoms with Gasteiger partial charge in [0.25, 0.3) is 0 Å². The Morgan fingerprint density at radius 1 is 1.28 bits per heavy atom. The van der Waals surface area contributed by atoms with Gasteiger partial charge in [-0.2, -0.15) is 17.6 Å². The van der Waals surface area contributed by atoms with Crippen LogP contribution in [0.5, 0.6) is 5.75 Å². The number of rotatable bonds is 5. The molecule has 0 aromatic heterocycles. The highest BCUT2D eigenvalue weighted by atomic mass is 19.3. The average molecular weight is 264 g/mol. The molecule has 1 aliphatic carbocycles. The lowest BCUT2D eigenvalue weighted by atomic mass is 10.1. The van der Waals surface area contributed by atoms with Gasteiger partial charge in [-0.25, -0.2) is 0 Å². The van der Waals surface area contributed by atoms with E-state index in [1.165, 1.54) is 12.1 Å². The standard InChI is InChI=1S/C12H12F4O2/c13-11(14)12(15,16)18-9-3-1-2-8(6-9)10(17)7-4-5-7/h1-3,6-7,10-11,17H,4-5H2/t10-/m1/s1. The van der Waals surface area contributed by atoms with Crippen molar-refractivity contribution in [2.24, 2.45) is 5.92 Å². The van der Waals surface area contributed by atoms with E-state index in [0.29, 0.717) is 5.56 Å². The highest BCUT2D eigenvalue weighted by molar-refractivity contribution is 5.31. The van der Waals surface area contributed by atoms with Gasteiger partial charge in [0, 0.05) is 0 Å². The Hall–Kier alpha value is -1.30. The Labute approximate surface area is 101 Å². The first-order valence-corrected chi connectivity index (χ1v) is 5.53. The van der Waals surface area contributed by atoms with Crippen molar-refractivity contribution in [3.63, 3.8) is 0 Å². The molecular weight excluding hydrogens is 252 g/mol. The van der Waals surface area contributed by atoms with Crippen LogP contribution < -0.4 is 4.74 Å². The van der Waals surface area contributed by atoms with E-state index in [1.807, 2.05) is 0 Å². The summed E-state index contributed by atoms with van der Waals surface area (Å²) in [5.74, 6) is -0.256. The number of hydrogen-bond donors (Lipinski definition) is 1. The van der Waals surface area contributed by atoms with Gasteiger partial charge < -0.3 is 9.84 Å². The minimum Gasteiger partial charge on any atom is -0.428 e. The molecule has 2 rings (SSSR count). The molecule has 1 saturated carbocycles. The average Bonchev–Trinajstić information content (AvgIpc) is 3.11. The van der Waals surface area contributed by atoms with Crippen LogP contribution in [0.25, 0.3) is 0 Å². The second-order valence-electron chi connectivity index (χ2n) is 4.32.